The minimum atomic E-state index is 0.499. The van der Waals surface area contributed by atoms with Crippen LogP contribution in [0.3, 0.4) is 0 Å². The van der Waals surface area contributed by atoms with E-state index in [4.69, 9.17) is 0 Å². The average molecular weight is 202 g/mol. The van der Waals surface area contributed by atoms with Gasteiger partial charge < -0.3 is 0 Å². The standard InChI is InChI=1S/C10H18S2/c1-10(2)11-7-8-5-3-4-6-9(8)12-10/h8-9H,3-7H2,1-2H3/t8-,9+/m0/s1. The maximum Gasteiger partial charge on any atom is 0.0558 e. The normalized spacial score (nSPS) is 40.5. The molecule has 2 aliphatic rings. The maximum absolute atomic E-state index is 2.38. The summed E-state index contributed by atoms with van der Waals surface area (Å²) >= 11 is 4.40. The van der Waals surface area contributed by atoms with Crippen molar-refractivity contribution in [1.82, 2.24) is 0 Å². The van der Waals surface area contributed by atoms with Gasteiger partial charge in [0.1, 0.15) is 0 Å². The third-order valence-electron chi connectivity index (χ3n) is 2.92. The Morgan fingerprint density at radius 1 is 1.17 bits per heavy atom. The van der Waals surface area contributed by atoms with Gasteiger partial charge in [-0.25, -0.2) is 0 Å². The van der Waals surface area contributed by atoms with Gasteiger partial charge >= 0.3 is 0 Å². The Balaban J connectivity index is 1.99. The zero-order valence-corrected chi connectivity index (χ0v) is 9.64. The zero-order chi connectivity index (χ0) is 8.60. The monoisotopic (exact) mass is 202 g/mol. The van der Waals surface area contributed by atoms with Crippen LogP contribution in [-0.2, 0) is 0 Å². The lowest BCUT2D eigenvalue weighted by Crippen LogP contribution is -2.33. The molecule has 0 nitrogen and oxygen atoms in total. The van der Waals surface area contributed by atoms with Gasteiger partial charge in [0.25, 0.3) is 0 Å². The molecule has 0 bridgehead atoms. The van der Waals surface area contributed by atoms with Gasteiger partial charge in [0.2, 0.25) is 0 Å². The largest absolute Gasteiger partial charge is 0.144 e. The highest BCUT2D eigenvalue weighted by Gasteiger charge is 2.36. The van der Waals surface area contributed by atoms with Gasteiger partial charge in [-0.05, 0) is 38.4 Å². The van der Waals surface area contributed by atoms with E-state index in [0.29, 0.717) is 4.08 Å². The lowest BCUT2D eigenvalue weighted by atomic mass is 9.90. The minimum Gasteiger partial charge on any atom is -0.144 e. The first-order valence-electron chi connectivity index (χ1n) is 4.99. The molecule has 1 saturated carbocycles. The van der Waals surface area contributed by atoms with Gasteiger partial charge in [-0.2, -0.15) is 0 Å². The van der Waals surface area contributed by atoms with Crippen molar-refractivity contribution in [2.75, 3.05) is 5.75 Å². The molecule has 1 aliphatic carbocycles. The highest BCUT2D eigenvalue weighted by Crippen LogP contribution is 2.51. The Bertz CT molecular complexity index is 165. The van der Waals surface area contributed by atoms with Crippen LogP contribution in [0.25, 0.3) is 0 Å². The van der Waals surface area contributed by atoms with Crippen molar-refractivity contribution in [3.8, 4) is 0 Å². The van der Waals surface area contributed by atoms with E-state index in [-0.39, 0.29) is 0 Å². The van der Waals surface area contributed by atoms with Crippen LogP contribution in [-0.4, -0.2) is 15.1 Å². The summed E-state index contributed by atoms with van der Waals surface area (Å²) in [6, 6.07) is 0. The first-order valence-corrected chi connectivity index (χ1v) is 6.86. The zero-order valence-electron chi connectivity index (χ0n) is 8.01. The molecule has 70 valence electrons. The van der Waals surface area contributed by atoms with Gasteiger partial charge in [-0.3, -0.25) is 0 Å². The number of thioether (sulfide) groups is 2. The van der Waals surface area contributed by atoms with Crippen LogP contribution in [0, 0.1) is 5.92 Å². The smallest absolute Gasteiger partial charge is 0.0558 e. The molecule has 0 aromatic heterocycles. The second-order valence-corrected chi connectivity index (χ2v) is 8.17. The summed E-state index contributed by atoms with van der Waals surface area (Å²) in [5, 5.41) is 0.995. The molecule has 1 heterocycles. The highest BCUT2D eigenvalue weighted by atomic mass is 32.2. The van der Waals surface area contributed by atoms with E-state index in [2.05, 4.69) is 37.4 Å². The molecular weight excluding hydrogens is 184 g/mol. The van der Waals surface area contributed by atoms with Gasteiger partial charge in [-0.1, -0.05) is 12.8 Å². The molecule has 0 radical (unpaired) electrons. The van der Waals surface area contributed by atoms with E-state index in [9.17, 15) is 0 Å². The molecule has 0 spiro atoms. The SMILES string of the molecule is CC1(C)SC[C@@H]2CCCC[C@H]2S1. The van der Waals surface area contributed by atoms with Crippen molar-refractivity contribution >= 4 is 23.5 Å². The number of hydrogen-bond donors (Lipinski definition) is 0. The second kappa shape index (κ2) is 3.45. The van der Waals surface area contributed by atoms with E-state index in [1.807, 2.05) is 0 Å². The lowest BCUT2D eigenvalue weighted by Gasteiger charge is -2.42. The second-order valence-electron chi connectivity index (χ2n) is 4.41. The predicted octanol–water partition coefficient (Wildman–Crippen LogP) is 3.76. The van der Waals surface area contributed by atoms with Crippen LogP contribution in [0.1, 0.15) is 39.5 Å². The molecule has 2 atom stereocenters. The summed E-state index contributed by atoms with van der Waals surface area (Å²) in [4.78, 5) is 0. The third-order valence-corrected chi connectivity index (χ3v) is 6.34. The van der Waals surface area contributed by atoms with E-state index >= 15 is 0 Å². The molecule has 1 saturated heterocycles. The van der Waals surface area contributed by atoms with E-state index in [1.54, 1.807) is 0 Å². The van der Waals surface area contributed by atoms with E-state index < -0.39 is 0 Å². The Morgan fingerprint density at radius 3 is 2.75 bits per heavy atom. The fourth-order valence-corrected chi connectivity index (χ4v) is 5.65. The first-order chi connectivity index (χ1) is 5.67. The molecule has 2 fully saturated rings. The molecular formula is C10H18S2. The minimum absolute atomic E-state index is 0.499. The Hall–Kier alpha value is 0.700. The molecule has 0 aromatic rings. The average Bonchev–Trinajstić information content (AvgIpc) is 2.02. The fourth-order valence-electron chi connectivity index (χ4n) is 2.23. The third kappa shape index (κ3) is 1.95. The van der Waals surface area contributed by atoms with Crippen molar-refractivity contribution in [1.29, 1.82) is 0 Å². The van der Waals surface area contributed by atoms with Crippen molar-refractivity contribution < 1.29 is 0 Å². The van der Waals surface area contributed by atoms with E-state index in [0.717, 1.165) is 11.2 Å². The van der Waals surface area contributed by atoms with Crippen molar-refractivity contribution in [2.24, 2.45) is 5.92 Å². The van der Waals surface area contributed by atoms with Crippen LogP contribution in [0.4, 0.5) is 0 Å². The maximum atomic E-state index is 2.38. The van der Waals surface area contributed by atoms with Crippen LogP contribution < -0.4 is 0 Å². The van der Waals surface area contributed by atoms with Crippen molar-refractivity contribution in [2.45, 2.75) is 48.9 Å². The number of hydrogen-bond acceptors (Lipinski definition) is 2. The topological polar surface area (TPSA) is 0 Å². The van der Waals surface area contributed by atoms with Crippen LogP contribution in [0.15, 0.2) is 0 Å². The Kier molecular flexibility index (Phi) is 2.66. The lowest BCUT2D eigenvalue weighted by molar-refractivity contribution is 0.399. The van der Waals surface area contributed by atoms with Gasteiger partial charge in [0.05, 0.1) is 4.08 Å². The quantitative estimate of drug-likeness (QED) is 0.586. The van der Waals surface area contributed by atoms with Crippen molar-refractivity contribution in [3.05, 3.63) is 0 Å². The molecule has 0 unspecified atom stereocenters. The Morgan fingerprint density at radius 2 is 1.92 bits per heavy atom. The molecule has 2 heteroatoms. The fraction of sp³-hybridized carbons (Fsp3) is 1.00. The van der Waals surface area contributed by atoms with Crippen LogP contribution >= 0.6 is 23.5 Å². The first kappa shape index (κ1) is 9.26. The summed E-state index contributed by atoms with van der Waals surface area (Å²) in [5.41, 5.74) is 0. The predicted molar refractivity (Wildman–Crippen MR) is 59.9 cm³/mol. The summed E-state index contributed by atoms with van der Waals surface area (Å²) in [5.74, 6) is 2.46. The molecule has 0 aromatic carbocycles. The molecule has 0 amide bonds. The molecule has 0 N–H and O–H groups in total. The molecule has 2 rings (SSSR count). The summed E-state index contributed by atoms with van der Waals surface area (Å²) in [6.07, 6.45) is 5.96. The molecule has 12 heavy (non-hydrogen) atoms. The highest BCUT2D eigenvalue weighted by molar-refractivity contribution is 8.19. The summed E-state index contributed by atoms with van der Waals surface area (Å²) in [6.45, 7) is 4.76. The summed E-state index contributed by atoms with van der Waals surface area (Å²) < 4.78 is 0.499. The number of rotatable bonds is 0. The van der Waals surface area contributed by atoms with Crippen molar-refractivity contribution in [3.63, 3.8) is 0 Å². The molecule has 1 aliphatic heterocycles. The summed E-state index contributed by atoms with van der Waals surface area (Å²) in [7, 11) is 0. The van der Waals surface area contributed by atoms with Gasteiger partial charge in [0, 0.05) is 5.25 Å². The van der Waals surface area contributed by atoms with Crippen LogP contribution in [0.2, 0.25) is 0 Å². The van der Waals surface area contributed by atoms with Crippen LogP contribution in [0.5, 0.6) is 0 Å². The number of fused-ring (bicyclic) bond motifs is 1. The Labute approximate surface area is 84.3 Å². The van der Waals surface area contributed by atoms with Gasteiger partial charge in [0.15, 0.2) is 0 Å². The van der Waals surface area contributed by atoms with E-state index in [1.165, 1.54) is 31.4 Å². The van der Waals surface area contributed by atoms with Gasteiger partial charge in [-0.15, -0.1) is 23.5 Å².